The van der Waals surface area contributed by atoms with Crippen molar-refractivity contribution >= 4 is 5.97 Å². The van der Waals surface area contributed by atoms with Crippen molar-refractivity contribution < 1.29 is 23.4 Å². The number of benzene rings is 2. The fraction of sp³-hybridized carbons (Fsp3) is 0.0625. The van der Waals surface area contributed by atoms with E-state index in [9.17, 15) is 18.7 Å². The lowest BCUT2D eigenvalue weighted by molar-refractivity contribution is -0.133. The molecule has 1 unspecified atom stereocenters. The summed E-state index contributed by atoms with van der Waals surface area (Å²) in [6, 6.07) is 9.36. The van der Waals surface area contributed by atoms with Crippen molar-refractivity contribution in [3.8, 4) is 5.75 Å². The molecule has 0 spiro atoms. The Kier molecular flexibility index (Phi) is 3.17. The number of halogens is 2. The Bertz CT molecular complexity index is 736. The molecule has 2 aromatic carbocycles. The molecule has 1 aliphatic rings. The summed E-state index contributed by atoms with van der Waals surface area (Å²) in [5, 5.41) is 9.30. The van der Waals surface area contributed by atoms with Crippen molar-refractivity contribution in [3.05, 3.63) is 77.1 Å². The van der Waals surface area contributed by atoms with Crippen LogP contribution in [-0.2, 0) is 4.79 Å². The molecule has 3 nitrogen and oxygen atoms in total. The first kappa shape index (κ1) is 13.3. The van der Waals surface area contributed by atoms with E-state index < -0.39 is 23.5 Å². The van der Waals surface area contributed by atoms with Gasteiger partial charge < -0.3 is 9.84 Å². The van der Waals surface area contributed by atoms with Crippen LogP contribution in [0.5, 0.6) is 5.75 Å². The lowest BCUT2D eigenvalue weighted by Crippen LogP contribution is -2.18. The normalized spacial score (nSPS) is 16.7. The zero-order valence-electron chi connectivity index (χ0n) is 10.7. The lowest BCUT2D eigenvalue weighted by Gasteiger charge is -2.25. The third-order valence-corrected chi connectivity index (χ3v) is 3.36. The predicted molar refractivity (Wildman–Crippen MR) is 71.0 cm³/mol. The van der Waals surface area contributed by atoms with Gasteiger partial charge in [-0.25, -0.2) is 13.6 Å². The summed E-state index contributed by atoms with van der Waals surface area (Å²) in [5.74, 6) is -2.40. The number of ether oxygens (including phenoxy) is 1. The number of carboxylic acids is 1. The summed E-state index contributed by atoms with van der Waals surface area (Å²) in [4.78, 5) is 11.4. The molecule has 0 aliphatic carbocycles. The van der Waals surface area contributed by atoms with Crippen LogP contribution in [-0.4, -0.2) is 11.1 Å². The van der Waals surface area contributed by atoms with Crippen molar-refractivity contribution in [3.63, 3.8) is 0 Å². The molecule has 106 valence electrons. The quantitative estimate of drug-likeness (QED) is 0.920. The molecule has 0 amide bonds. The molecule has 0 fully saturated rings. The molecule has 1 heterocycles. The third-order valence-electron chi connectivity index (χ3n) is 3.36. The van der Waals surface area contributed by atoms with Crippen molar-refractivity contribution in [2.24, 2.45) is 0 Å². The summed E-state index contributed by atoms with van der Waals surface area (Å²) in [7, 11) is 0. The molecule has 0 radical (unpaired) electrons. The van der Waals surface area contributed by atoms with Gasteiger partial charge >= 0.3 is 5.97 Å². The topological polar surface area (TPSA) is 46.5 Å². The molecule has 0 saturated carbocycles. The van der Waals surface area contributed by atoms with E-state index in [1.54, 1.807) is 0 Å². The number of aliphatic carboxylic acids is 1. The van der Waals surface area contributed by atoms with Crippen molar-refractivity contribution in [2.45, 2.75) is 5.92 Å². The Hall–Kier alpha value is -2.69. The minimum atomic E-state index is -1.17. The number of carbonyl (C=O) groups is 1. The molecule has 0 aromatic heterocycles. The average molecular weight is 288 g/mol. The van der Waals surface area contributed by atoms with Gasteiger partial charge in [-0.05, 0) is 35.9 Å². The van der Waals surface area contributed by atoms with Crippen LogP contribution in [0, 0.1) is 11.6 Å². The summed E-state index contributed by atoms with van der Waals surface area (Å²) < 4.78 is 31.8. The highest BCUT2D eigenvalue weighted by Crippen LogP contribution is 2.41. The van der Waals surface area contributed by atoms with E-state index in [1.807, 2.05) is 0 Å². The molecule has 1 atom stereocenters. The van der Waals surface area contributed by atoms with Crippen LogP contribution < -0.4 is 4.74 Å². The van der Waals surface area contributed by atoms with Gasteiger partial charge in [0.25, 0.3) is 0 Å². The van der Waals surface area contributed by atoms with E-state index >= 15 is 0 Å². The van der Waals surface area contributed by atoms with Gasteiger partial charge in [-0.1, -0.05) is 12.1 Å². The molecule has 1 aliphatic heterocycles. The minimum Gasteiger partial charge on any atom is -0.478 e. The van der Waals surface area contributed by atoms with Gasteiger partial charge in [0, 0.05) is 11.5 Å². The van der Waals surface area contributed by atoms with Crippen LogP contribution in [0.3, 0.4) is 0 Å². The highest BCUT2D eigenvalue weighted by Gasteiger charge is 2.31. The number of hydrogen-bond donors (Lipinski definition) is 1. The van der Waals surface area contributed by atoms with Crippen LogP contribution in [0.15, 0.2) is 54.3 Å². The highest BCUT2D eigenvalue weighted by atomic mass is 19.1. The zero-order valence-corrected chi connectivity index (χ0v) is 10.7. The fourth-order valence-corrected chi connectivity index (χ4v) is 2.40. The lowest BCUT2D eigenvalue weighted by atomic mass is 9.83. The van der Waals surface area contributed by atoms with Crippen molar-refractivity contribution in [2.75, 3.05) is 0 Å². The molecule has 21 heavy (non-hydrogen) atoms. The summed E-state index contributed by atoms with van der Waals surface area (Å²) in [5.41, 5.74) is 0.932. The van der Waals surface area contributed by atoms with Gasteiger partial charge in [-0.15, -0.1) is 0 Å². The summed E-state index contributed by atoms with van der Waals surface area (Å²) >= 11 is 0. The predicted octanol–water partition coefficient (Wildman–Crippen LogP) is 3.46. The number of hydrogen-bond acceptors (Lipinski definition) is 2. The van der Waals surface area contributed by atoms with E-state index in [4.69, 9.17) is 4.74 Å². The number of carboxylic acid groups (broad SMARTS) is 1. The number of rotatable bonds is 2. The van der Waals surface area contributed by atoms with E-state index in [0.717, 1.165) is 6.26 Å². The second-order valence-corrected chi connectivity index (χ2v) is 4.66. The molecular formula is C16H10F2O3. The van der Waals surface area contributed by atoms with Crippen LogP contribution in [0.4, 0.5) is 8.78 Å². The first-order valence-electron chi connectivity index (χ1n) is 6.21. The summed E-state index contributed by atoms with van der Waals surface area (Å²) in [6.45, 7) is 0. The smallest absolute Gasteiger partial charge is 0.335 e. The largest absolute Gasteiger partial charge is 0.478 e. The van der Waals surface area contributed by atoms with E-state index in [0.29, 0.717) is 16.9 Å². The Morgan fingerprint density at radius 1 is 1.05 bits per heavy atom. The first-order valence-corrected chi connectivity index (χ1v) is 6.21. The van der Waals surface area contributed by atoms with Gasteiger partial charge in [0.1, 0.15) is 23.6 Å². The highest BCUT2D eigenvalue weighted by molar-refractivity contribution is 5.90. The second-order valence-electron chi connectivity index (χ2n) is 4.66. The standard InChI is InChI=1S/C16H10F2O3/c17-10-3-1-9(2-4-10)15-12-7-11(18)5-6-14(12)21-8-13(15)16(19)20/h1-8,15H,(H,19,20). The third kappa shape index (κ3) is 2.38. The average Bonchev–Trinajstić information content (AvgIpc) is 2.47. The first-order chi connectivity index (χ1) is 10.1. The molecule has 0 bridgehead atoms. The maximum Gasteiger partial charge on any atom is 0.335 e. The van der Waals surface area contributed by atoms with Gasteiger partial charge in [0.15, 0.2) is 0 Å². The van der Waals surface area contributed by atoms with E-state index in [1.165, 1.54) is 42.5 Å². The second kappa shape index (κ2) is 5.01. The van der Waals surface area contributed by atoms with Crippen LogP contribution >= 0.6 is 0 Å². The SMILES string of the molecule is O=C(O)C1=COc2ccc(F)cc2C1c1ccc(F)cc1. The molecule has 2 aromatic rings. The van der Waals surface area contributed by atoms with Crippen LogP contribution in [0.25, 0.3) is 0 Å². The van der Waals surface area contributed by atoms with Gasteiger partial charge in [-0.3, -0.25) is 0 Å². The molecule has 0 saturated heterocycles. The monoisotopic (exact) mass is 288 g/mol. The van der Waals surface area contributed by atoms with Gasteiger partial charge in [0.2, 0.25) is 0 Å². The van der Waals surface area contributed by atoms with Crippen molar-refractivity contribution in [1.82, 2.24) is 0 Å². The van der Waals surface area contributed by atoms with Crippen LogP contribution in [0.2, 0.25) is 0 Å². The maximum absolute atomic E-state index is 13.5. The Labute approximate surface area is 119 Å². The molecular weight excluding hydrogens is 278 g/mol. The molecule has 1 N–H and O–H groups in total. The maximum atomic E-state index is 13.5. The number of fused-ring (bicyclic) bond motifs is 1. The summed E-state index contributed by atoms with van der Waals surface area (Å²) in [6.07, 6.45) is 1.14. The van der Waals surface area contributed by atoms with Gasteiger partial charge in [-0.2, -0.15) is 0 Å². The zero-order chi connectivity index (χ0) is 15.0. The van der Waals surface area contributed by atoms with Crippen LogP contribution in [0.1, 0.15) is 17.0 Å². The fourth-order valence-electron chi connectivity index (χ4n) is 2.40. The van der Waals surface area contributed by atoms with Crippen molar-refractivity contribution in [1.29, 1.82) is 0 Å². The Morgan fingerprint density at radius 3 is 2.38 bits per heavy atom. The van der Waals surface area contributed by atoms with Gasteiger partial charge in [0.05, 0.1) is 5.57 Å². The Morgan fingerprint density at radius 2 is 1.71 bits per heavy atom. The Balaban J connectivity index is 2.18. The minimum absolute atomic E-state index is 0.0280. The van der Waals surface area contributed by atoms with E-state index in [2.05, 4.69) is 0 Å². The molecule has 5 heteroatoms. The molecule has 3 rings (SSSR count). The van der Waals surface area contributed by atoms with E-state index in [-0.39, 0.29) is 5.57 Å².